The lowest BCUT2D eigenvalue weighted by Gasteiger charge is -2.19. The maximum atomic E-state index is 12.2. The number of amides is 1. The first kappa shape index (κ1) is 22.4. The second-order valence-corrected chi connectivity index (χ2v) is 8.53. The van der Waals surface area contributed by atoms with Crippen molar-refractivity contribution in [2.75, 3.05) is 32.1 Å². The van der Waals surface area contributed by atoms with Gasteiger partial charge in [-0.15, -0.1) is 0 Å². The largest absolute Gasteiger partial charge is 0.444 e. The highest BCUT2D eigenvalue weighted by Gasteiger charge is 2.17. The Morgan fingerprint density at radius 1 is 1.15 bits per heavy atom. The molecule has 0 radical (unpaired) electrons. The molecular formula is C17H29N3O5S. The van der Waals surface area contributed by atoms with Gasteiger partial charge in [0.25, 0.3) is 10.0 Å². The molecule has 0 saturated carbocycles. The lowest BCUT2D eigenvalue weighted by Crippen LogP contribution is -2.30. The minimum Gasteiger partial charge on any atom is -0.444 e. The van der Waals surface area contributed by atoms with E-state index in [1.807, 2.05) is 11.9 Å². The van der Waals surface area contributed by atoms with Crippen molar-refractivity contribution in [3.8, 4) is 0 Å². The Hall–Kier alpha value is -1.68. The average molecular weight is 388 g/mol. The van der Waals surface area contributed by atoms with Gasteiger partial charge in [0.1, 0.15) is 5.60 Å². The molecule has 0 atom stereocenters. The summed E-state index contributed by atoms with van der Waals surface area (Å²) >= 11 is 0. The van der Waals surface area contributed by atoms with Crippen molar-refractivity contribution in [2.24, 2.45) is 0 Å². The Bertz CT molecular complexity index is 669. The Kier molecular flexibility index (Phi) is 8.48. The first-order valence-electron chi connectivity index (χ1n) is 8.45. The zero-order valence-electron chi connectivity index (χ0n) is 16.0. The molecule has 9 heteroatoms. The second-order valence-electron chi connectivity index (χ2n) is 6.89. The summed E-state index contributed by atoms with van der Waals surface area (Å²) in [7, 11) is -1.84. The summed E-state index contributed by atoms with van der Waals surface area (Å²) in [6.45, 7) is 9.13. The maximum absolute atomic E-state index is 12.2. The molecule has 0 heterocycles. The highest BCUT2D eigenvalue weighted by molar-refractivity contribution is 7.89. The molecule has 0 aliphatic carbocycles. The third-order valence-electron chi connectivity index (χ3n) is 3.16. The van der Waals surface area contributed by atoms with Gasteiger partial charge in [-0.3, -0.25) is 10.2 Å². The Labute approximate surface area is 155 Å². The lowest BCUT2D eigenvalue weighted by atomic mass is 10.2. The van der Waals surface area contributed by atoms with Crippen molar-refractivity contribution in [2.45, 2.75) is 44.6 Å². The Balaban J connectivity index is 2.54. The minimum atomic E-state index is -3.78. The Morgan fingerprint density at radius 3 is 2.31 bits per heavy atom. The van der Waals surface area contributed by atoms with Crippen LogP contribution in [0, 0.1) is 0 Å². The van der Waals surface area contributed by atoms with Crippen LogP contribution in [-0.2, 0) is 19.6 Å². The van der Waals surface area contributed by atoms with Crippen molar-refractivity contribution < 1.29 is 22.8 Å². The van der Waals surface area contributed by atoms with Gasteiger partial charge in [-0.25, -0.2) is 13.2 Å². The van der Waals surface area contributed by atoms with Crippen LogP contribution >= 0.6 is 0 Å². The number of likely N-dealkylation sites (N-methyl/N-ethyl adjacent to an activating group) is 1. The summed E-state index contributed by atoms with van der Waals surface area (Å²) in [5.74, 6) is 0. The molecule has 0 aliphatic heterocycles. The zero-order chi connectivity index (χ0) is 19.8. The van der Waals surface area contributed by atoms with E-state index in [0.717, 1.165) is 13.0 Å². The van der Waals surface area contributed by atoms with Gasteiger partial charge in [0.2, 0.25) is 0 Å². The number of benzene rings is 1. The number of ether oxygens (including phenoxy) is 1. The van der Waals surface area contributed by atoms with Gasteiger partial charge in [-0.1, -0.05) is 11.8 Å². The van der Waals surface area contributed by atoms with E-state index >= 15 is 0 Å². The molecule has 0 saturated heterocycles. The van der Waals surface area contributed by atoms with E-state index in [9.17, 15) is 13.2 Å². The summed E-state index contributed by atoms with van der Waals surface area (Å²) in [6.07, 6.45) is 0.414. The molecule has 0 fully saturated rings. The molecule has 0 spiro atoms. The highest BCUT2D eigenvalue weighted by Crippen LogP contribution is 2.15. The second kappa shape index (κ2) is 9.86. The monoisotopic (exact) mass is 387 g/mol. The number of carbonyl (C=O) groups is 1. The molecular weight excluding hydrogens is 358 g/mol. The van der Waals surface area contributed by atoms with E-state index in [0.29, 0.717) is 12.2 Å². The molecule has 1 aromatic rings. The molecule has 1 amide bonds. The molecule has 0 aliphatic rings. The minimum absolute atomic E-state index is 0.0363. The van der Waals surface area contributed by atoms with Crippen molar-refractivity contribution >= 4 is 21.8 Å². The van der Waals surface area contributed by atoms with Gasteiger partial charge >= 0.3 is 6.09 Å². The first-order valence-corrected chi connectivity index (χ1v) is 9.94. The van der Waals surface area contributed by atoms with Gasteiger partial charge in [0.15, 0.2) is 0 Å². The van der Waals surface area contributed by atoms with E-state index in [2.05, 4.69) is 17.1 Å². The third-order valence-corrected chi connectivity index (χ3v) is 4.39. The smallest absolute Gasteiger partial charge is 0.412 e. The van der Waals surface area contributed by atoms with Gasteiger partial charge in [-0.05, 0) is 65.0 Å². The quantitative estimate of drug-likeness (QED) is 0.499. The van der Waals surface area contributed by atoms with Crippen LogP contribution in [0.4, 0.5) is 10.5 Å². The molecule has 148 valence electrons. The topological polar surface area (TPSA) is 97.0 Å². The van der Waals surface area contributed by atoms with E-state index in [4.69, 9.17) is 9.57 Å². The summed E-state index contributed by atoms with van der Waals surface area (Å²) in [5.41, 5.74) is -0.180. The SMILES string of the molecule is CCCN(C)CCONS(=O)(=O)c1ccc(NC(=O)OC(C)(C)C)cc1. The number of nitrogens with zero attached hydrogens (tertiary/aromatic N) is 1. The van der Waals surface area contributed by atoms with Crippen LogP contribution in [0.25, 0.3) is 0 Å². The molecule has 26 heavy (non-hydrogen) atoms. The molecule has 0 bridgehead atoms. The lowest BCUT2D eigenvalue weighted by molar-refractivity contribution is 0.0636. The zero-order valence-corrected chi connectivity index (χ0v) is 16.9. The maximum Gasteiger partial charge on any atom is 0.412 e. The normalized spacial score (nSPS) is 12.2. The number of sulfonamides is 1. The van der Waals surface area contributed by atoms with Crippen molar-refractivity contribution in [1.29, 1.82) is 0 Å². The number of anilines is 1. The number of hydrogen-bond acceptors (Lipinski definition) is 6. The predicted octanol–water partition coefficient (Wildman–Crippen LogP) is 2.59. The summed E-state index contributed by atoms with van der Waals surface area (Å²) < 4.78 is 29.5. The van der Waals surface area contributed by atoms with Gasteiger partial charge < -0.3 is 9.64 Å². The fraction of sp³-hybridized carbons (Fsp3) is 0.588. The number of nitrogens with one attached hydrogen (secondary N) is 2. The van der Waals surface area contributed by atoms with Crippen molar-refractivity contribution in [3.05, 3.63) is 24.3 Å². The summed E-state index contributed by atoms with van der Waals surface area (Å²) in [6, 6.07) is 5.71. The molecule has 2 N–H and O–H groups in total. The van der Waals surface area contributed by atoms with Crippen LogP contribution in [0.1, 0.15) is 34.1 Å². The van der Waals surface area contributed by atoms with Gasteiger partial charge in [0.05, 0.1) is 11.5 Å². The summed E-state index contributed by atoms with van der Waals surface area (Å²) in [4.78, 5) is 20.9. The molecule has 1 rings (SSSR count). The number of hydrogen-bond donors (Lipinski definition) is 2. The standard InChI is InChI=1S/C17H29N3O5S/c1-6-11-20(5)12-13-24-19-26(22,23)15-9-7-14(8-10-15)18-16(21)25-17(2,3)4/h7-10,19H,6,11-13H2,1-5H3,(H,18,21). The highest BCUT2D eigenvalue weighted by atomic mass is 32.2. The molecule has 0 aromatic heterocycles. The van der Waals surface area contributed by atoms with E-state index < -0.39 is 21.7 Å². The number of rotatable bonds is 9. The number of carbonyl (C=O) groups excluding carboxylic acids is 1. The summed E-state index contributed by atoms with van der Waals surface area (Å²) in [5, 5.41) is 2.54. The third kappa shape index (κ3) is 8.61. The first-order chi connectivity index (χ1) is 12.0. The van der Waals surface area contributed by atoms with Gasteiger partial charge in [0, 0.05) is 12.2 Å². The fourth-order valence-corrected chi connectivity index (χ4v) is 2.83. The fourth-order valence-electron chi connectivity index (χ4n) is 2.00. The molecule has 1 aromatic carbocycles. The molecule has 8 nitrogen and oxygen atoms in total. The predicted molar refractivity (Wildman–Crippen MR) is 100 cm³/mol. The van der Waals surface area contributed by atoms with Crippen LogP contribution in [0.3, 0.4) is 0 Å². The van der Waals surface area contributed by atoms with E-state index in [-0.39, 0.29) is 11.5 Å². The van der Waals surface area contributed by atoms with E-state index in [1.165, 1.54) is 24.3 Å². The van der Waals surface area contributed by atoms with Crippen molar-refractivity contribution in [1.82, 2.24) is 9.79 Å². The van der Waals surface area contributed by atoms with E-state index in [1.54, 1.807) is 20.8 Å². The van der Waals surface area contributed by atoms with Crippen LogP contribution in [0.2, 0.25) is 0 Å². The van der Waals surface area contributed by atoms with Gasteiger partial charge in [-0.2, -0.15) is 0 Å². The van der Waals surface area contributed by atoms with Crippen LogP contribution < -0.4 is 10.2 Å². The van der Waals surface area contributed by atoms with Crippen LogP contribution in [0.15, 0.2) is 29.2 Å². The van der Waals surface area contributed by atoms with Crippen LogP contribution in [-0.4, -0.2) is 51.8 Å². The van der Waals surface area contributed by atoms with Crippen LogP contribution in [0.5, 0.6) is 0 Å². The van der Waals surface area contributed by atoms with Crippen molar-refractivity contribution in [3.63, 3.8) is 0 Å². The average Bonchev–Trinajstić information content (AvgIpc) is 2.50. The Morgan fingerprint density at radius 2 is 1.77 bits per heavy atom. The molecule has 0 unspecified atom stereocenters.